The average molecular weight is 399 g/mol. The molecule has 8 nitrogen and oxygen atoms in total. The molecule has 0 saturated heterocycles. The third-order valence-electron chi connectivity index (χ3n) is 5.33. The lowest BCUT2D eigenvalue weighted by molar-refractivity contribution is -0.115. The van der Waals surface area contributed by atoms with Gasteiger partial charge in [0.2, 0.25) is 5.96 Å². The monoisotopic (exact) mass is 399 g/mol. The number of primary amides is 1. The van der Waals surface area contributed by atoms with Crippen LogP contribution < -0.4 is 27.2 Å². The van der Waals surface area contributed by atoms with Gasteiger partial charge in [0, 0.05) is 17.3 Å². The van der Waals surface area contributed by atoms with Crippen LogP contribution in [-0.2, 0) is 11.3 Å². The van der Waals surface area contributed by atoms with Gasteiger partial charge in [0.15, 0.2) is 5.70 Å². The van der Waals surface area contributed by atoms with E-state index in [-0.39, 0.29) is 11.7 Å². The predicted octanol–water partition coefficient (Wildman–Crippen LogP) is 2.06. The molecule has 4 rings (SSSR count). The van der Waals surface area contributed by atoms with Crippen molar-refractivity contribution >= 4 is 28.5 Å². The third kappa shape index (κ3) is 4.13. The van der Waals surface area contributed by atoms with Crippen LogP contribution in [-0.4, -0.2) is 29.2 Å². The number of carbonyl (C=O) groups excluding carboxylic acids is 1. The highest BCUT2D eigenvalue weighted by molar-refractivity contribution is 5.98. The number of anilines is 1. The Morgan fingerprint density at radius 2 is 2.07 bits per heavy atom. The number of guanidine groups is 1. The fraction of sp³-hybridized carbons (Fsp3) is 0.400. The normalized spacial score (nSPS) is 19.0. The van der Waals surface area contributed by atoms with Gasteiger partial charge in [-0.05, 0) is 31.0 Å². The van der Waals surface area contributed by atoms with Gasteiger partial charge >= 0.3 is 0 Å². The Bertz CT molecular complexity index is 959. The topological polar surface area (TPSA) is 108 Å². The molecule has 1 aliphatic carbocycles. The van der Waals surface area contributed by atoms with E-state index in [0.717, 1.165) is 29.4 Å². The number of aliphatic imine (C=N–C) groups is 1. The van der Waals surface area contributed by atoms with E-state index in [1.165, 1.54) is 19.3 Å². The van der Waals surface area contributed by atoms with E-state index in [2.05, 4.69) is 21.5 Å². The van der Waals surface area contributed by atoms with Gasteiger partial charge in [-0.2, -0.15) is 0 Å². The minimum absolute atomic E-state index is 0.188. The third-order valence-corrected chi connectivity index (χ3v) is 5.33. The van der Waals surface area contributed by atoms with Crippen LogP contribution in [0.2, 0.25) is 0 Å². The van der Waals surface area contributed by atoms with Crippen molar-refractivity contribution in [2.45, 2.75) is 44.7 Å². The van der Waals surface area contributed by atoms with Gasteiger partial charge in [-0.15, -0.1) is 0 Å². The van der Waals surface area contributed by atoms with Gasteiger partial charge in [0.1, 0.15) is 12.5 Å². The second-order valence-electron chi connectivity index (χ2n) is 7.32. The number of hydrazine groups is 1. The number of aromatic nitrogens is 1. The first-order valence-electron chi connectivity index (χ1n) is 9.97. The van der Waals surface area contributed by atoms with Gasteiger partial charge in [-0.25, -0.2) is 9.38 Å². The van der Waals surface area contributed by atoms with Crippen LogP contribution in [0.3, 0.4) is 0 Å². The summed E-state index contributed by atoms with van der Waals surface area (Å²) in [6, 6.07) is 7.90. The summed E-state index contributed by atoms with van der Waals surface area (Å²) in [5, 5.41) is 7.33. The molecule has 1 aliphatic heterocycles. The molecule has 6 N–H and O–H groups in total. The van der Waals surface area contributed by atoms with Gasteiger partial charge in [0.25, 0.3) is 5.91 Å². The highest BCUT2D eigenvalue weighted by Gasteiger charge is 2.22. The first-order chi connectivity index (χ1) is 14.2. The smallest absolute Gasteiger partial charge is 0.270 e. The summed E-state index contributed by atoms with van der Waals surface area (Å²) in [6.07, 6.45) is 7.58. The minimum Gasteiger partial charge on any atom is -0.364 e. The van der Waals surface area contributed by atoms with E-state index in [4.69, 9.17) is 10.7 Å². The molecule has 2 heterocycles. The zero-order valence-electron chi connectivity index (χ0n) is 16.2. The Balaban J connectivity index is 1.61. The van der Waals surface area contributed by atoms with E-state index < -0.39 is 12.6 Å². The van der Waals surface area contributed by atoms with Crippen molar-refractivity contribution < 1.29 is 9.18 Å². The van der Waals surface area contributed by atoms with Crippen molar-refractivity contribution in [3.05, 3.63) is 42.0 Å². The molecule has 0 radical (unpaired) electrons. The number of benzene rings is 1. The fourth-order valence-corrected chi connectivity index (χ4v) is 3.89. The Morgan fingerprint density at radius 1 is 1.24 bits per heavy atom. The largest absolute Gasteiger partial charge is 0.364 e. The summed E-state index contributed by atoms with van der Waals surface area (Å²) < 4.78 is 14.7. The van der Waals surface area contributed by atoms with Crippen molar-refractivity contribution in [3.63, 3.8) is 0 Å². The number of rotatable bonds is 6. The lowest BCUT2D eigenvalue weighted by Crippen LogP contribution is -2.54. The van der Waals surface area contributed by atoms with E-state index in [0.29, 0.717) is 18.3 Å². The van der Waals surface area contributed by atoms with Gasteiger partial charge in [0.05, 0.1) is 18.1 Å². The maximum Gasteiger partial charge on any atom is 0.270 e. The molecule has 0 unspecified atom stereocenters. The minimum atomic E-state index is -0.605. The maximum atomic E-state index is 12.8. The maximum absolute atomic E-state index is 12.8. The number of alkyl halides is 1. The first-order valence-corrected chi connectivity index (χ1v) is 9.97. The second-order valence-corrected chi connectivity index (χ2v) is 7.32. The van der Waals surface area contributed by atoms with Gasteiger partial charge in [-0.3, -0.25) is 15.6 Å². The fourth-order valence-electron chi connectivity index (χ4n) is 3.89. The lowest BCUT2D eigenvalue weighted by atomic mass is 9.96. The van der Waals surface area contributed by atoms with Gasteiger partial charge < -0.3 is 20.9 Å². The van der Waals surface area contributed by atoms with Crippen LogP contribution in [0, 0.1) is 0 Å². The van der Waals surface area contributed by atoms with Crippen molar-refractivity contribution in [2.24, 2.45) is 10.7 Å². The molecule has 2 aliphatic rings. The Hall–Kier alpha value is -3.23. The molecular formula is C20H26FN7O. The number of nitrogens with zero attached hydrogens (tertiary/aromatic N) is 2. The Labute approximate surface area is 168 Å². The molecular weight excluding hydrogens is 373 g/mol. The molecule has 29 heavy (non-hydrogen) atoms. The zero-order chi connectivity index (χ0) is 20.2. The summed E-state index contributed by atoms with van der Waals surface area (Å²) in [5.74, 6) is 0.370. The molecule has 1 aromatic heterocycles. The quantitative estimate of drug-likeness (QED) is 0.511. The number of carbonyl (C=O) groups is 1. The Kier molecular flexibility index (Phi) is 5.55. The van der Waals surface area contributed by atoms with Crippen LogP contribution in [0.25, 0.3) is 10.9 Å². The van der Waals surface area contributed by atoms with E-state index in [1.54, 1.807) is 0 Å². The van der Waals surface area contributed by atoms with Crippen LogP contribution in [0.1, 0.15) is 32.1 Å². The molecule has 0 atom stereocenters. The summed E-state index contributed by atoms with van der Waals surface area (Å²) in [4.78, 5) is 16.6. The molecule has 0 spiro atoms. The number of hydrogen-bond donors (Lipinski definition) is 5. The van der Waals surface area contributed by atoms with Gasteiger partial charge in [-0.1, -0.05) is 25.3 Å². The predicted molar refractivity (Wildman–Crippen MR) is 111 cm³/mol. The van der Waals surface area contributed by atoms with E-state index >= 15 is 0 Å². The molecule has 1 aromatic carbocycles. The first kappa shape index (κ1) is 19.1. The summed E-state index contributed by atoms with van der Waals surface area (Å²) in [6.45, 7) is -0.138. The summed E-state index contributed by atoms with van der Waals surface area (Å²) >= 11 is 0. The highest BCUT2D eigenvalue weighted by Crippen LogP contribution is 2.26. The van der Waals surface area contributed by atoms with Crippen molar-refractivity contribution in [2.75, 3.05) is 12.0 Å². The number of fused-ring (bicyclic) bond motifs is 1. The SMILES string of the molecule is NC(=O)C1=C(Nc2cccc3c2ccn3CCF)NC(=NC2CCCCC2)NN1. The molecule has 0 bridgehead atoms. The molecule has 9 heteroatoms. The summed E-state index contributed by atoms with van der Waals surface area (Å²) in [5.41, 5.74) is 13.2. The number of amides is 1. The van der Waals surface area contributed by atoms with Crippen molar-refractivity contribution in [1.82, 2.24) is 20.7 Å². The van der Waals surface area contributed by atoms with Crippen LogP contribution in [0.5, 0.6) is 0 Å². The van der Waals surface area contributed by atoms with Crippen molar-refractivity contribution in [1.29, 1.82) is 0 Å². The van der Waals surface area contributed by atoms with Crippen LogP contribution in [0.4, 0.5) is 10.1 Å². The molecule has 154 valence electrons. The van der Waals surface area contributed by atoms with Crippen molar-refractivity contribution in [3.8, 4) is 0 Å². The number of hydrogen-bond acceptors (Lipinski definition) is 4. The standard InChI is InChI=1S/C20H26FN7O/c21-10-12-28-11-9-14-15(7-4-8-16(14)28)24-19-17(18(22)29)26-27-20(25-19)23-13-5-2-1-3-6-13/h4,7-9,11,13,24,26H,1-3,5-6,10,12H2,(H2,22,29)(H2,23,25,27). The lowest BCUT2D eigenvalue weighted by Gasteiger charge is -2.27. The Morgan fingerprint density at radius 3 is 2.83 bits per heavy atom. The van der Waals surface area contributed by atoms with Crippen LogP contribution in [0.15, 0.2) is 47.0 Å². The van der Waals surface area contributed by atoms with E-state index in [1.807, 2.05) is 35.0 Å². The summed E-state index contributed by atoms with van der Waals surface area (Å²) in [7, 11) is 0. The average Bonchev–Trinajstić information content (AvgIpc) is 3.13. The number of nitrogens with two attached hydrogens (primary N) is 1. The molecule has 1 amide bonds. The number of aryl methyl sites for hydroxylation is 1. The molecule has 1 fully saturated rings. The highest BCUT2D eigenvalue weighted by atomic mass is 19.1. The van der Waals surface area contributed by atoms with E-state index in [9.17, 15) is 9.18 Å². The molecule has 2 aromatic rings. The zero-order valence-corrected chi connectivity index (χ0v) is 16.2. The number of nitrogens with one attached hydrogen (secondary N) is 4. The number of halogens is 1. The van der Waals surface area contributed by atoms with Crippen LogP contribution >= 0.6 is 0 Å². The molecule has 1 saturated carbocycles. The second kappa shape index (κ2) is 8.42.